The van der Waals surface area contributed by atoms with Gasteiger partial charge in [-0.1, -0.05) is 17.7 Å². The lowest BCUT2D eigenvalue weighted by atomic mass is 10.0. The van der Waals surface area contributed by atoms with Crippen molar-refractivity contribution in [3.05, 3.63) is 52.9 Å². The number of amides is 3. The lowest BCUT2D eigenvalue weighted by Crippen LogP contribution is -2.44. The highest BCUT2D eigenvalue weighted by Gasteiger charge is 2.25. The smallest absolute Gasteiger partial charge is 0.326 e. The van der Waals surface area contributed by atoms with Gasteiger partial charge in [-0.3, -0.25) is 10.1 Å². The van der Waals surface area contributed by atoms with Gasteiger partial charge in [0, 0.05) is 48.1 Å². The summed E-state index contributed by atoms with van der Waals surface area (Å²) in [6, 6.07) is 6.91. The van der Waals surface area contributed by atoms with Crippen molar-refractivity contribution in [3.63, 3.8) is 0 Å². The highest BCUT2D eigenvalue weighted by Crippen LogP contribution is 2.21. The molecule has 2 fully saturated rings. The van der Waals surface area contributed by atoms with E-state index in [1.54, 1.807) is 29.9 Å². The van der Waals surface area contributed by atoms with Gasteiger partial charge >= 0.3 is 6.03 Å². The molecule has 11 nitrogen and oxygen atoms in total. The quantitative estimate of drug-likeness (QED) is 0.236. The summed E-state index contributed by atoms with van der Waals surface area (Å²) in [7, 11) is 0. The number of aliphatic hydroxyl groups is 1. The number of β-amino-alcohol motifs (C(OH)–C–C–N with tert-alkyl or cyclic N) is 1. The number of hydrogen-bond donors (Lipinski definition) is 6. The minimum Gasteiger partial charge on any atom is -0.392 e. The van der Waals surface area contributed by atoms with Gasteiger partial charge in [-0.05, 0) is 44.0 Å². The van der Waals surface area contributed by atoms with Crippen molar-refractivity contribution in [2.24, 2.45) is 0 Å². The molecule has 4 rings (SSSR count). The Bertz CT molecular complexity index is 1150. The zero-order valence-electron chi connectivity index (χ0n) is 19.3. The van der Waals surface area contributed by atoms with Crippen LogP contribution in [0.5, 0.6) is 0 Å². The van der Waals surface area contributed by atoms with Crippen LogP contribution in [0, 0.1) is 0 Å². The fourth-order valence-corrected chi connectivity index (χ4v) is 4.24. The van der Waals surface area contributed by atoms with Crippen molar-refractivity contribution in [3.8, 4) is 0 Å². The summed E-state index contributed by atoms with van der Waals surface area (Å²) >= 11 is 6.11. The number of imide groups is 1. The molecule has 1 aromatic carbocycles. The van der Waals surface area contributed by atoms with E-state index in [1.807, 2.05) is 12.1 Å². The van der Waals surface area contributed by atoms with E-state index in [0.717, 1.165) is 31.6 Å². The summed E-state index contributed by atoms with van der Waals surface area (Å²) in [6.07, 6.45) is 6.17. The number of nitrogen functional groups attached to an aromatic ring is 1. The Morgan fingerprint density at radius 1 is 1.34 bits per heavy atom. The van der Waals surface area contributed by atoms with E-state index in [0.29, 0.717) is 28.8 Å². The number of aliphatic hydroxyl groups excluding tert-OH is 1. The molecular formula is C23H29ClN8O3. The summed E-state index contributed by atoms with van der Waals surface area (Å²) in [4.78, 5) is 25.5. The van der Waals surface area contributed by atoms with Gasteiger partial charge in [0.1, 0.15) is 17.3 Å². The number of carbonyl (C=O) groups is 2. The largest absolute Gasteiger partial charge is 0.392 e. The minimum atomic E-state index is -0.581. The highest BCUT2D eigenvalue weighted by molar-refractivity contribution is 6.30. The fraction of sp³-hybridized carbons (Fsp3) is 0.348. The maximum absolute atomic E-state index is 11.9. The van der Waals surface area contributed by atoms with Gasteiger partial charge in [0.25, 0.3) is 5.91 Å². The number of carbonyl (C=O) groups excluding carboxylic acids is 2. The van der Waals surface area contributed by atoms with E-state index in [4.69, 9.17) is 17.3 Å². The SMILES string of the molecule is CC(O)CN1CCC(N/C(=C/Nc2cccc(Cl)c2)n2ncc(/C=C3\NC(=O)NC3=O)c2N)CC1. The predicted molar refractivity (Wildman–Crippen MR) is 135 cm³/mol. The van der Waals surface area contributed by atoms with Crippen molar-refractivity contribution in [1.82, 2.24) is 30.6 Å². The second-order valence-corrected chi connectivity index (χ2v) is 9.05. The molecule has 0 radical (unpaired) electrons. The van der Waals surface area contributed by atoms with E-state index in [2.05, 4.69) is 31.3 Å². The monoisotopic (exact) mass is 500 g/mol. The molecule has 3 heterocycles. The first-order chi connectivity index (χ1) is 16.8. The third-order valence-corrected chi connectivity index (χ3v) is 5.98. The molecule has 0 spiro atoms. The molecule has 2 aliphatic rings. The van der Waals surface area contributed by atoms with Crippen LogP contribution in [-0.4, -0.2) is 63.5 Å². The number of anilines is 2. The number of nitrogens with two attached hydrogens (primary N) is 1. The zero-order chi connectivity index (χ0) is 24.9. The number of piperidine rings is 1. The van der Waals surface area contributed by atoms with Crippen LogP contribution >= 0.6 is 11.6 Å². The molecule has 0 aliphatic carbocycles. The van der Waals surface area contributed by atoms with Gasteiger partial charge in [0.05, 0.1) is 12.3 Å². The Morgan fingerprint density at radius 2 is 2.11 bits per heavy atom. The second-order valence-electron chi connectivity index (χ2n) is 8.62. The highest BCUT2D eigenvalue weighted by atomic mass is 35.5. The van der Waals surface area contributed by atoms with Crippen LogP contribution in [0.3, 0.4) is 0 Å². The standard InChI is InChI=1S/C23H29ClN8O3/c1-14(33)13-31-7-5-17(6-8-31)28-20(12-26-18-4-2-3-16(24)10-18)32-21(25)15(11-27-32)9-19-22(34)30-23(35)29-19/h2-4,9-12,14,17,26,28,33H,5-8,13,25H2,1H3,(H2,29,30,34,35)/b19-9-,20-12-. The maximum Gasteiger partial charge on any atom is 0.326 e. The maximum atomic E-state index is 11.9. The lowest BCUT2D eigenvalue weighted by Gasteiger charge is -2.33. The molecule has 1 unspecified atom stereocenters. The van der Waals surface area contributed by atoms with Crippen LogP contribution < -0.4 is 27.0 Å². The molecule has 2 aromatic rings. The van der Waals surface area contributed by atoms with Crippen LogP contribution in [0.25, 0.3) is 11.9 Å². The van der Waals surface area contributed by atoms with Gasteiger partial charge < -0.3 is 31.7 Å². The third kappa shape index (κ3) is 6.32. The third-order valence-electron chi connectivity index (χ3n) is 5.75. The number of benzene rings is 1. The Kier molecular flexibility index (Phi) is 7.59. The number of rotatable bonds is 8. The Morgan fingerprint density at radius 3 is 2.77 bits per heavy atom. The van der Waals surface area contributed by atoms with E-state index in [-0.39, 0.29) is 17.8 Å². The topological polar surface area (TPSA) is 150 Å². The predicted octanol–water partition coefficient (Wildman–Crippen LogP) is 1.60. The van der Waals surface area contributed by atoms with Crippen LogP contribution in [0.1, 0.15) is 25.3 Å². The van der Waals surface area contributed by atoms with Crippen LogP contribution in [0.4, 0.5) is 16.3 Å². The summed E-state index contributed by atoms with van der Waals surface area (Å²) in [5, 5.41) is 26.0. The van der Waals surface area contributed by atoms with Gasteiger partial charge in [-0.15, -0.1) is 0 Å². The molecule has 3 amide bonds. The Hall–Kier alpha value is -3.54. The molecule has 0 bridgehead atoms. The summed E-state index contributed by atoms with van der Waals surface area (Å²) in [5.74, 6) is 0.383. The van der Waals surface area contributed by atoms with E-state index >= 15 is 0 Å². The van der Waals surface area contributed by atoms with E-state index in [1.165, 1.54) is 12.3 Å². The average molecular weight is 501 g/mol. The van der Waals surface area contributed by atoms with Crippen LogP contribution in [0.15, 0.2) is 42.4 Å². The zero-order valence-corrected chi connectivity index (χ0v) is 20.0. The van der Waals surface area contributed by atoms with E-state index < -0.39 is 11.9 Å². The molecule has 186 valence electrons. The number of halogens is 1. The minimum absolute atomic E-state index is 0.0993. The molecule has 35 heavy (non-hydrogen) atoms. The molecule has 2 aliphatic heterocycles. The molecule has 12 heteroatoms. The Balaban J connectivity index is 1.56. The normalized spacial score (nSPS) is 19.5. The van der Waals surface area contributed by atoms with Crippen LogP contribution in [0.2, 0.25) is 5.02 Å². The molecule has 1 aromatic heterocycles. The number of urea groups is 1. The summed E-state index contributed by atoms with van der Waals surface area (Å²) < 4.78 is 1.54. The van der Waals surface area contributed by atoms with Crippen molar-refractivity contribution in [1.29, 1.82) is 0 Å². The number of aromatic nitrogens is 2. The fourth-order valence-electron chi connectivity index (χ4n) is 4.05. The van der Waals surface area contributed by atoms with Crippen molar-refractivity contribution < 1.29 is 14.7 Å². The van der Waals surface area contributed by atoms with Crippen molar-refractivity contribution >= 4 is 46.9 Å². The van der Waals surface area contributed by atoms with Crippen LogP contribution in [-0.2, 0) is 4.79 Å². The molecular weight excluding hydrogens is 472 g/mol. The molecule has 7 N–H and O–H groups in total. The molecule has 2 saturated heterocycles. The summed E-state index contributed by atoms with van der Waals surface area (Å²) in [5.41, 5.74) is 7.76. The van der Waals surface area contributed by atoms with E-state index in [9.17, 15) is 14.7 Å². The summed E-state index contributed by atoms with van der Waals surface area (Å²) in [6.45, 7) is 4.16. The molecule has 0 saturated carbocycles. The van der Waals surface area contributed by atoms with Gasteiger partial charge in [0.15, 0.2) is 0 Å². The number of nitrogens with zero attached hydrogens (tertiary/aromatic N) is 3. The second kappa shape index (κ2) is 10.8. The van der Waals surface area contributed by atoms with Gasteiger partial charge in [-0.25, -0.2) is 4.79 Å². The number of likely N-dealkylation sites (tertiary alicyclic amines) is 1. The Labute approximate surface area is 208 Å². The van der Waals surface area contributed by atoms with Crippen molar-refractivity contribution in [2.75, 3.05) is 30.7 Å². The first-order valence-electron chi connectivity index (χ1n) is 11.4. The first kappa shape index (κ1) is 24.6. The lowest BCUT2D eigenvalue weighted by molar-refractivity contribution is -0.115. The number of hydrogen-bond acceptors (Lipinski definition) is 8. The number of nitrogens with one attached hydrogen (secondary N) is 4. The van der Waals surface area contributed by atoms with Gasteiger partial charge in [-0.2, -0.15) is 9.78 Å². The van der Waals surface area contributed by atoms with Crippen molar-refractivity contribution in [2.45, 2.75) is 31.9 Å². The van der Waals surface area contributed by atoms with Gasteiger partial charge in [0.2, 0.25) is 0 Å². The average Bonchev–Trinajstić information content (AvgIpc) is 3.33. The molecule has 1 atom stereocenters. The first-order valence-corrected chi connectivity index (χ1v) is 11.7.